The Morgan fingerprint density at radius 1 is 1.29 bits per heavy atom. The van der Waals surface area contributed by atoms with Crippen LogP contribution in [0.5, 0.6) is 0 Å². The highest BCUT2D eigenvalue weighted by Gasteiger charge is 2.31. The summed E-state index contributed by atoms with van der Waals surface area (Å²) < 4.78 is 0. The largest absolute Gasteiger partial charge is 0.356 e. The van der Waals surface area contributed by atoms with Crippen molar-refractivity contribution in [1.29, 1.82) is 0 Å². The predicted octanol–water partition coefficient (Wildman–Crippen LogP) is 0.854. The molecule has 2 fully saturated rings. The van der Waals surface area contributed by atoms with Crippen LogP contribution in [0.25, 0.3) is 0 Å². The minimum atomic E-state index is 0.311. The summed E-state index contributed by atoms with van der Waals surface area (Å²) in [6, 6.07) is 0. The van der Waals surface area contributed by atoms with Crippen LogP contribution in [0, 0.1) is 11.8 Å². The Labute approximate surface area is 85.8 Å². The molecule has 0 radical (unpaired) electrons. The molecule has 0 aromatic carbocycles. The lowest BCUT2D eigenvalue weighted by Gasteiger charge is -2.35. The number of hydrogen-bond acceptors (Lipinski definition) is 2. The van der Waals surface area contributed by atoms with Gasteiger partial charge in [-0.05, 0) is 51.7 Å². The van der Waals surface area contributed by atoms with Crippen molar-refractivity contribution in [3.63, 3.8) is 0 Å². The highest BCUT2D eigenvalue weighted by molar-refractivity contribution is 5.79. The molecule has 0 bridgehead atoms. The van der Waals surface area contributed by atoms with Crippen LogP contribution < -0.4 is 5.32 Å². The third-order valence-electron chi connectivity index (χ3n) is 3.66. The fourth-order valence-corrected chi connectivity index (χ4v) is 2.68. The smallest absolute Gasteiger partial charge is 0.223 e. The minimum Gasteiger partial charge on any atom is -0.356 e. The van der Waals surface area contributed by atoms with E-state index in [0.29, 0.717) is 17.7 Å². The zero-order valence-corrected chi connectivity index (χ0v) is 8.96. The standard InChI is InChI=1S/C11H20N2O/c1-13-7-4-9(5-8-13)10-3-2-6-12-11(10)14/h9-10H,2-8H2,1H3,(H,12,14). The zero-order valence-electron chi connectivity index (χ0n) is 8.96. The van der Waals surface area contributed by atoms with Crippen molar-refractivity contribution in [2.75, 3.05) is 26.7 Å². The van der Waals surface area contributed by atoms with Gasteiger partial charge in [0.2, 0.25) is 5.91 Å². The Bertz CT molecular complexity index is 209. The van der Waals surface area contributed by atoms with Gasteiger partial charge in [0.15, 0.2) is 0 Å². The first-order valence-corrected chi connectivity index (χ1v) is 5.73. The lowest BCUT2D eigenvalue weighted by Crippen LogP contribution is -2.43. The summed E-state index contributed by atoms with van der Waals surface area (Å²) >= 11 is 0. The molecule has 0 aliphatic carbocycles. The summed E-state index contributed by atoms with van der Waals surface area (Å²) in [5.41, 5.74) is 0. The van der Waals surface area contributed by atoms with Crippen LogP contribution in [0.3, 0.4) is 0 Å². The van der Waals surface area contributed by atoms with E-state index in [1.807, 2.05) is 0 Å². The second kappa shape index (κ2) is 4.30. The van der Waals surface area contributed by atoms with Crippen LogP contribution in [0.4, 0.5) is 0 Å². The van der Waals surface area contributed by atoms with Crippen LogP contribution in [-0.2, 0) is 4.79 Å². The van der Waals surface area contributed by atoms with Crippen LogP contribution in [0.2, 0.25) is 0 Å². The second-order valence-electron chi connectivity index (χ2n) is 4.68. The molecule has 1 amide bonds. The van der Waals surface area contributed by atoms with E-state index in [1.54, 1.807) is 0 Å². The lowest BCUT2D eigenvalue weighted by molar-refractivity contribution is -0.129. The summed E-state index contributed by atoms with van der Waals surface area (Å²) in [5, 5.41) is 2.99. The van der Waals surface area contributed by atoms with Gasteiger partial charge in [-0.15, -0.1) is 0 Å². The summed E-state index contributed by atoms with van der Waals surface area (Å²) in [5.74, 6) is 1.27. The molecule has 2 aliphatic heterocycles. The molecule has 0 spiro atoms. The van der Waals surface area contributed by atoms with E-state index >= 15 is 0 Å². The van der Waals surface area contributed by atoms with Crippen molar-refractivity contribution >= 4 is 5.91 Å². The summed E-state index contributed by atoms with van der Waals surface area (Å²) in [6.45, 7) is 3.21. The molecule has 2 aliphatic rings. The third kappa shape index (κ3) is 2.08. The van der Waals surface area contributed by atoms with Gasteiger partial charge < -0.3 is 10.2 Å². The van der Waals surface area contributed by atoms with Gasteiger partial charge in [-0.2, -0.15) is 0 Å². The molecule has 1 unspecified atom stereocenters. The van der Waals surface area contributed by atoms with Crippen molar-refractivity contribution in [3.05, 3.63) is 0 Å². The van der Waals surface area contributed by atoms with Crippen LogP contribution in [0.15, 0.2) is 0 Å². The maximum absolute atomic E-state index is 11.7. The number of carbonyl (C=O) groups excluding carboxylic acids is 1. The van der Waals surface area contributed by atoms with E-state index < -0.39 is 0 Å². The maximum Gasteiger partial charge on any atom is 0.223 e. The predicted molar refractivity (Wildman–Crippen MR) is 56.0 cm³/mol. The number of likely N-dealkylation sites (tertiary alicyclic amines) is 1. The van der Waals surface area contributed by atoms with E-state index in [2.05, 4.69) is 17.3 Å². The van der Waals surface area contributed by atoms with Gasteiger partial charge >= 0.3 is 0 Å². The monoisotopic (exact) mass is 196 g/mol. The Morgan fingerprint density at radius 3 is 2.64 bits per heavy atom. The second-order valence-corrected chi connectivity index (χ2v) is 4.68. The van der Waals surface area contributed by atoms with Crippen molar-refractivity contribution in [1.82, 2.24) is 10.2 Å². The number of nitrogens with one attached hydrogen (secondary N) is 1. The number of nitrogens with zero attached hydrogens (tertiary/aromatic N) is 1. The lowest BCUT2D eigenvalue weighted by atomic mass is 9.80. The molecule has 80 valence electrons. The molecule has 2 saturated heterocycles. The van der Waals surface area contributed by atoms with Gasteiger partial charge in [-0.1, -0.05) is 0 Å². The van der Waals surface area contributed by atoms with Gasteiger partial charge in [-0.25, -0.2) is 0 Å². The van der Waals surface area contributed by atoms with Gasteiger partial charge in [-0.3, -0.25) is 4.79 Å². The van der Waals surface area contributed by atoms with Crippen molar-refractivity contribution in [3.8, 4) is 0 Å². The van der Waals surface area contributed by atoms with E-state index in [1.165, 1.54) is 19.3 Å². The molecule has 3 heteroatoms. The first kappa shape index (κ1) is 9.97. The Kier molecular flexibility index (Phi) is 3.06. The Balaban J connectivity index is 1.90. The fraction of sp³-hybridized carbons (Fsp3) is 0.909. The molecule has 0 saturated carbocycles. The number of rotatable bonds is 1. The topological polar surface area (TPSA) is 32.3 Å². The molecule has 0 aromatic rings. The number of carbonyl (C=O) groups is 1. The van der Waals surface area contributed by atoms with E-state index in [4.69, 9.17) is 0 Å². The molecule has 3 nitrogen and oxygen atoms in total. The summed E-state index contributed by atoms with van der Waals surface area (Å²) in [4.78, 5) is 14.0. The van der Waals surface area contributed by atoms with E-state index in [9.17, 15) is 4.79 Å². The molecule has 2 rings (SSSR count). The SMILES string of the molecule is CN1CCC(C2CCCNC2=O)CC1. The van der Waals surface area contributed by atoms with Crippen LogP contribution in [0.1, 0.15) is 25.7 Å². The quantitative estimate of drug-likeness (QED) is 0.674. The summed E-state index contributed by atoms with van der Waals surface area (Å²) in [7, 11) is 2.16. The van der Waals surface area contributed by atoms with Crippen molar-refractivity contribution in [2.45, 2.75) is 25.7 Å². The highest BCUT2D eigenvalue weighted by atomic mass is 16.1. The molecule has 2 heterocycles. The highest BCUT2D eigenvalue weighted by Crippen LogP contribution is 2.29. The van der Waals surface area contributed by atoms with Crippen molar-refractivity contribution in [2.24, 2.45) is 11.8 Å². The first-order valence-electron chi connectivity index (χ1n) is 5.73. The average molecular weight is 196 g/mol. The van der Waals surface area contributed by atoms with Gasteiger partial charge in [0.1, 0.15) is 0 Å². The average Bonchev–Trinajstić information content (AvgIpc) is 2.20. The molecular formula is C11H20N2O. The zero-order chi connectivity index (χ0) is 9.97. The van der Waals surface area contributed by atoms with E-state index in [-0.39, 0.29) is 0 Å². The molecule has 14 heavy (non-hydrogen) atoms. The fourth-order valence-electron chi connectivity index (χ4n) is 2.68. The molecule has 1 atom stereocenters. The van der Waals surface area contributed by atoms with Crippen molar-refractivity contribution < 1.29 is 4.79 Å². The number of hydrogen-bond donors (Lipinski definition) is 1. The molecule has 1 N–H and O–H groups in total. The Morgan fingerprint density at radius 2 is 2.00 bits per heavy atom. The minimum absolute atomic E-state index is 0.311. The first-order chi connectivity index (χ1) is 6.77. The number of amides is 1. The van der Waals surface area contributed by atoms with E-state index in [0.717, 1.165) is 26.1 Å². The maximum atomic E-state index is 11.7. The summed E-state index contributed by atoms with van der Waals surface area (Å²) in [6.07, 6.45) is 4.69. The Hall–Kier alpha value is -0.570. The molecular weight excluding hydrogens is 176 g/mol. The van der Waals surface area contributed by atoms with Gasteiger partial charge in [0, 0.05) is 12.5 Å². The normalized spacial score (nSPS) is 31.5. The van der Waals surface area contributed by atoms with Crippen LogP contribution >= 0.6 is 0 Å². The van der Waals surface area contributed by atoms with Gasteiger partial charge in [0.25, 0.3) is 0 Å². The molecule has 0 aromatic heterocycles. The van der Waals surface area contributed by atoms with Crippen LogP contribution in [-0.4, -0.2) is 37.5 Å². The number of piperidine rings is 2. The third-order valence-corrected chi connectivity index (χ3v) is 3.66. The van der Waals surface area contributed by atoms with Gasteiger partial charge in [0.05, 0.1) is 0 Å².